The summed E-state index contributed by atoms with van der Waals surface area (Å²) in [5.74, 6) is 1.04. The highest BCUT2D eigenvalue weighted by molar-refractivity contribution is 5.80. The summed E-state index contributed by atoms with van der Waals surface area (Å²) < 4.78 is 0. The summed E-state index contributed by atoms with van der Waals surface area (Å²) in [4.78, 5) is 25.7. The molecule has 2 aromatic heterocycles. The summed E-state index contributed by atoms with van der Waals surface area (Å²) in [6.07, 6.45) is 0.895. The third-order valence-corrected chi connectivity index (χ3v) is 5.03. The Labute approximate surface area is 169 Å². The fourth-order valence-electron chi connectivity index (χ4n) is 3.22. The van der Waals surface area contributed by atoms with Crippen LogP contribution in [0.4, 0.5) is 5.82 Å². The molecule has 0 spiro atoms. The minimum absolute atomic E-state index is 0.114. The average Bonchev–Trinajstić information content (AvgIpc) is 2.72. The maximum absolute atomic E-state index is 12.2. The summed E-state index contributed by atoms with van der Waals surface area (Å²) in [5, 5.41) is 20.2. The molecule has 0 bridgehead atoms. The van der Waals surface area contributed by atoms with E-state index in [1.807, 2.05) is 58.3 Å². The Balaban J connectivity index is 2.06. The number of aromatic nitrogens is 3. The zero-order valence-corrected chi connectivity index (χ0v) is 16.9. The molecule has 3 aromatic rings. The van der Waals surface area contributed by atoms with Crippen molar-refractivity contribution in [3.63, 3.8) is 0 Å². The van der Waals surface area contributed by atoms with Crippen molar-refractivity contribution in [2.45, 2.75) is 32.1 Å². The standard InChI is InChI=1S/C22H22N6O/c1-5-14-8-15-6-7-16(9-18(15)26-21(14)29)22(2,13-24)11-19-25-17(12-23)10-20(27-19)28(3)4/h6-10H,5,11H2,1-4H3,(H,26,29). The molecule has 0 saturated carbocycles. The molecule has 0 aliphatic heterocycles. The van der Waals surface area contributed by atoms with Gasteiger partial charge in [0.05, 0.1) is 11.5 Å². The van der Waals surface area contributed by atoms with Crippen LogP contribution in [0.3, 0.4) is 0 Å². The van der Waals surface area contributed by atoms with E-state index in [4.69, 9.17) is 0 Å². The van der Waals surface area contributed by atoms with Gasteiger partial charge in [0.1, 0.15) is 23.4 Å². The number of rotatable bonds is 5. The summed E-state index contributed by atoms with van der Waals surface area (Å²) in [6.45, 7) is 3.75. The normalized spacial score (nSPS) is 12.8. The van der Waals surface area contributed by atoms with Crippen LogP contribution in [0.15, 0.2) is 35.1 Å². The van der Waals surface area contributed by atoms with Crippen LogP contribution in [-0.4, -0.2) is 29.0 Å². The number of nitrogens with zero attached hydrogens (tertiary/aromatic N) is 5. The van der Waals surface area contributed by atoms with Gasteiger partial charge >= 0.3 is 0 Å². The Hall–Kier alpha value is -3.71. The van der Waals surface area contributed by atoms with Crippen molar-refractivity contribution >= 4 is 16.7 Å². The van der Waals surface area contributed by atoms with Crippen LogP contribution in [-0.2, 0) is 18.3 Å². The number of H-pyrrole nitrogens is 1. The number of nitrogens with one attached hydrogen (secondary N) is 1. The second kappa shape index (κ2) is 7.73. The van der Waals surface area contributed by atoms with Crippen LogP contribution < -0.4 is 10.5 Å². The first kappa shape index (κ1) is 20.0. The maximum Gasteiger partial charge on any atom is 0.251 e. The smallest absolute Gasteiger partial charge is 0.251 e. The third kappa shape index (κ3) is 3.95. The molecule has 146 valence electrons. The van der Waals surface area contributed by atoms with Crippen LogP contribution in [0, 0.1) is 22.7 Å². The first-order chi connectivity index (χ1) is 13.8. The Bertz CT molecular complexity index is 1210. The minimum Gasteiger partial charge on any atom is -0.363 e. The molecule has 0 fully saturated rings. The lowest BCUT2D eigenvalue weighted by molar-refractivity contribution is 0.584. The van der Waals surface area contributed by atoms with E-state index in [1.165, 1.54) is 0 Å². The van der Waals surface area contributed by atoms with Gasteiger partial charge in [0.15, 0.2) is 0 Å². The Kier molecular flexibility index (Phi) is 5.34. The molecule has 0 aliphatic rings. The Morgan fingerprint density at radius 3 is 2.55 bits per heavy atom. The van der Waals surface area contributed by atoms with E-state index >= 15 is 0 Å². The van der Waals surface area contributed by atoms with E-state index in [9.17, 15) is 15.3 Å². The predicted molar refractivity (Wildman–Crippen MR) is 112 cm³/mol. The number of hydrogen-bond donors (Lipinski definition) is 1. The van der Waals surface area contributed by atoms with E-state index in [-0.39, 0.29) is 17.7 Å². The van der Waals surface area contributed by atoms with Crippen molar-refractivity contribution in [1.29, 1.82) is 10.5 Å². The number of aryl methyl sites for hydroxylation is 1. The van der Waals surface area contributed by atoms with Crippen molar-refractivity contribution in [3.8, 4) is 12.1 Å². The summed E-state index contributed by atoms with van der Waals surface area (Å²) >= 11 is 0. The van der Waals surface area contributed by atoms with Gasteiger partial charge in [0, 0.05) is 37.7 Å². The summed E-state index contributed by atoms with van der Waals surface area (Å²) in [5.41, 5.74) is 1.39. The van der Waals surface area contributed by atoms with Crippen molar-refractivity contribution in [2.75, 3.05) is 19.0 Å². The molecule has 0 radical (unpaired) electrons. The summed E-state index contributed by atoms with van der Waals surface area (Å²) in [7, 11) is 3.67. The highest BCUT2D eigenvalue weighted by Gasteiger charge is 2.29. The first-order valence-corrected chi connectivity index (χ1v) is 9.32. The van der Waals surface area contributed by atoms with Gasteiger partial charge in [-0.2, -0.15) is 10.5 Å². The molecule has 29 heavy (non-hydrogen) atoms. The van der Waals surface area contributed by atoms with Gasteiger partial charge in [-0.25, -0.2) is 9.97 Å². The highest BCUT2D eigenvalue weighted by Crippen LogP contribution is 2.29. The lowest BCUT2D eigenvalue weighted by atomic mass is 9.80. The van der Waals surface area contributed by atoms with E-state index in [2.05, 4.69) is 21.0 Å². The third-order valence-electron chi connectivity index (χ3n) is 5.03. The van der Waals surface area contributed by atoms with Gasteiger partial charge in [0.25, 0.3) is 5.56 Å². The van der Waals surface area contributed by atoms with E-state index in [1.54, 1.807) is 11.0 Å². The minimum atomic E-state index is -0.924. The molecule has 2 heterocycles. The van der Waals surface area contributed by atoms with Crippen LogP contribution in [0.1, 0.15) is 36.5 Å². The lowest BCUT2D eigenvalue weighted by Gasteiger charge is -2.22. The fourth-order valence-corrected chi connectivity index (χ4v) is 3.22. The van der Waals surface area contributed by atoms with Crippen LogP contribution in [0.2, 0.25) is 0 Å². The molecule has 0 saturated heterocycles. The highest BCUT2D eigenvalue weighted by atomic mass is 16.1. The molecule has 1 N–H and O–H groups in total. The van der Waals surface area contributed by atoms with Gasteiger partial charge in [-0.1, -0.05) is 19.1 Å². The molecular weight excluding hydrogens is 364 g/mol. The number of hydrogen-bond acceptors (Lipinski definition) is 6. The van der Waals surface area contributed by atoms with Crippen molar-refractivity contribution in [1.82, 2.24) is 15.0 Å². The SMILES string of the molecule is CCc1cc2ccc(C(C)(C#N)Cc3nc(C#N)cc(N(C)C)n3)cc2[nH]c1=O. The largest absolute Gasteiger partial charge is 0.363 e. The van der Waals surface area contributed by atoms with Crippen LogP contribution in [0.25, 0.3) is 10.9 Å². The maximum atomic E-state index is 12.2. The van der Waals surface area contributed by atoms with Crippen molar-refractivity contribution in [2.24, 2.45) is 0 Å². The Morgan fingerprint density at radius 2 is 1.93 bits per heavy atom. The molecule has 0 amide bonds. The first-order valence-electron chi connectivity index (χ1n) is 9.32. The number of fused-ring (bicyclic) bond motifs is 1. The zero-order chi connectivity index (χ0) is 21.2. The number of pyridine rings is 1. The van der Waals surface area contributed by atoms with Crippen LogP contribution in [0.5, 0.6) is 0 Å². The molecule has 0 aliphatic carbocycles. The monoisotopic (exact) mass is 386 g/mol. The van der Waals surface area contributed by atoms with Crippen molar-refractivity contribution in [3.05, 3.63) is 63.3 Å². The number of nitriles is 2. The lowest BCUT2D eigenvalue weighted by Crippen LogP contribution is -2.25. The topological polar surface area (TPSA) is 109 Å². The van der Waals surface area contributed by atoms with Gasteiger partial charge < -0.3 is 9.88 Å². The van der Waals surface area contributed by atoms with Gasteiger partial charge in [0.2, 0.25) is 0 Å². The molecule has 3 rings (SSSR count). The summed E-state index contributed by atoms with van der Waals surface area (Å²) in [6, 6.07) is 13.5. The zero-order valence-electron chi connectivity index (χ0n) is 16.9. The Morgan fingerprint density at radius 1 is 1.17 bits per heavy atom. The number of anilines is 1. The van der Waals surface area contributed by atoms with E-state index in [0.29, 0.717) is 23.6 Å². The number of aromatic amines is 1. The second-order valence-corrected chi connectivity index (χ2v) is 7.43. The molecule has 7 heteroatoms. The molecular formula is C22H22N6O. The van der Waals surface area contributed by atoms with Gasteiger partial charge in [-0.3, -0.25) is 4.79 Å². The quantitative estimate of drug-likeness (QED) is 0.722. The average molecular weight is 386 g/mol. The molecule has 1 unspecified atom stereocenters. The predicted octanol–water partition coefficient (Wildman–Crippen LogP) is 2.84. The van der Waals surface area contributed by atoms with Gasteiger partial charge in [-0.05, 0) is 36.4 Å². The number of benzene rings is 1. The fraction of sp³-hybridized carbons (Fsp3) is 0.318. The van der Waals surface area contributed by atoms with Crippen LogP contribution >= 0.6 is 0 Å². The van der Waals surface area contributed by atoms with E-state index < -0.39 is 5.41 Å². The van der Waals surface area contributed by atoms with E-state index in [0.717, 1.165) is 16.5 Å². The molecule has 7 nitrogen and oxygen atoms in total. The second-order valence-electron chi connectivity index (χ2n) is 7.43. The van der Waals surface area contributed by atoms with Gasteiger partial charge in [-0.15, -0.1) is 0 Å². The van der Waals surface area contributed by atoms with Crippen molar-refractivity contribution < 1.29 is 0 Å². The molecule has 1 atom stereocenters. The molecule has 1 aromatic carbocycles.